The van der Waals surface area contributed by atoms with Crippen LogP contribution in [0.2, 0.25) is 0 Å². The monoisotopic (exact) mass is 251 g/mol. The second-order valence-electron chi connectivity index (χ2n) is 4.75. The Hall–Kier alpha value is -1.65. The van der Waals surface area contributed by atoms with E-state index in [0.29, 0.717) is 5.82 Å². The van der Waals surface area contributed by atoms with E-state index in [4.69, 9.17) is 5.11 Å². The lowest BCUT2D eigenvalue weighted by molar-refractivity contribution is -0.137. The first-order valence-corrected chi connectivity index (χ1v) is 6.26. The zero-order valence-corrected chi connectivity index (χ0v) is 11.4. The van der Waals surface area contributed by atoms with Crippen molar-refractivity contribution in [2.24, 2.45) is 0 Å². The molecule has 0 saturated carbocycles. The number of nitrogens with one attached hydrogen (secondary N) is 1. The Morgan fingerprint density at radius 3 is 2.61 bits per heavy atom. The van der Waals surface area contributed by atoms with Gasteiger partial charge in [0.15, 0.2) is 0 Å². The molecule has 0 aliphatic heterocycles. The molecule has 0 radical (unpaired) electrons. The number of carbonyl (C=O) groups is 1. The maximum Gasteiger partial charge on any atom is 0.305 e. The van der Waals surface area contributed by atoms with Crippen LogP contribution in [-0.2, 0) is 4.79 Å². The van der Waals surface area contributed by atoms with Gasteiger partial charge in [-0.15, -0.1) is 0 Å². The quantitative estimate of drug-likeness (QED) is 0.812. The molecule has 0 spiro atoms. The van der Waals surface area contributed by atoms with Crippen molar-refractivity contribution >= 4 is 11.8 Å². The average molecular weight is 251 g/mol. The maximum absolute atomic E-state index is 10.7. The highest BCUT2D eigenvalue weighted by Crippen LogP contribution is 2.15. The number of anilines is 1. The fourth-order valence-corrected chi connectivity index (χ4v) is 1.64. The normalized spacial score (nSPS) is 12.5. The largest absolute Gasteiger partial charge is 0.481 e. The predicted octanol–water partition coefficient (Wildman–Crippen LogP) is 2.57. The van der Waals surface area contributed by atoms with Crippen molar-refractivity contribution in [2.75, 3.05) is 5.32 Å². The van der Waals surface area contributed by atoms with Crippen LogP contribution in [0.3, 0.4) is 0 Å². The van der Waals surface area contributed by atoms with Gasteiger partial charge < -0.3 is 10.4 Å². The van der Waals surface area contributed by atoms with Crippen molar-refractivity contribution in [1.82, 2.24) is 9.97 Å². The number of aromatic nitrogens is 2. The van der Waals surface area contributed by atoms with E-state index in [1.165, 1.54) is 0 Å². The molecule has 0 saturated heterocycles. The Balaban J connectivity index is 2.85. The number of rotatable bonds is 6. The van der Waals surface area contributed by atoms with Crippen molar-refractivity contribution in [3.05, 3.63) is 17.6 Å². The van der Waals surface area contributed by atoms with Crippen LogP contribution < -0.4 is 5.32 Å². The van der Waals surface area contributed by atoms with Crippen molar-refractivity contribution in [3.63, 3.8) is 0 Å². The van der Waals surface area contributed by atoms with Crippen LogP contribution in [0.4, 0.5) is 5.82 Å². The molecule has 1 unspecified atom stereocenters. The highest BCUT2D eigenvalue weighted by Gasteiger charge is 2.13. The molecule has 5 heteroatoms. The number of carboxylic acid groups (broad SMARTS) is 1. The molecule has 2 N–H and O–H groups in total. The highest BCUT2D eigenvalue weighted by molar-refractivity contribution is 5.68. The van der Waals surface area contributed by atoms with Crippen LogP contribution in [-0.4, -0.2) is 27.1 Å². The Morgan fingerprint density at radius 1 is 1.44 bits per heavy atom. The van der Waals surface area contributed by atoms with Crippen LogP contribution >= 0.6 is 0 Å². The zero-order chi connectivity index (χ0) is 13.7. The van der Waals surface area contributed by atoms with E-state index in [1.54, 1.807) is 0 Å². The number of carboxylic acids is 1. The first-order valence-electron chi connectivity index (χ1n) is 6.26. The number of hydrogen-bond acceptors (Lipinski definition) is 4. The van der Waals surface area contributed by atoms with E-state index in [2.05, 4.69) is 15.3 Å². The van der Waals surface area contributed by atoms with Crippen LogP contribution in [0.5, 0.6) is 0 Å². The summed E-state index contributed by atoms with van der Waals surface area (Å²) in [7, 11) is 0. The summed E-state index contributed by atoms with van der Waals surface area (Å²) in [6.07, 6.45) is 0.836. The Kier molecular flexibility index (Phi) is 5.07. The maximum atomic E-state index is 10.7. The van der Waals surface area contributed by atoms with Gasteiger partial charge >= 0.3 is 5.97 Å². The van der Waals surface area contributed by atoms with E-state index in [1.807, 2.05) is 33.8 Å². The average Bonchev–Trinajstić information content (AvgIpc) is 2.26. The van der Waals surface area contributed by atoms with Gasteiger partial charge in [0.25, 0.3) is 0 Å². The summed E-state index contributed by atoms with van der Waals surface area (Å²) in [5.74, 6) is 0.941. The molecule has 1 aromatic rings. The van der Waals surface area contributed by atoms with Gasteiger partial charge in [-0.3, -0.25) is 4.79 Å². The Morgan fingerprint density at radius 2 is 2.11 bits per heavy atom. The van der Waals surface area contributed by atoms with Crippen LogP contribution in [0.15, 0.2) is 6.07 Å². The lowest BCUT2D eigenvalue weighted by atomic mass is 10.1. The number of aryl methyl sites for hydroxylation is 1. The third-order valence-electron chi connectivity index (χ3n) is 2.65. The van der Waals surface area contributed by atoms with Crippen LogP contribution in [0.1, 0.15) is 51.0 Å². The van der Waals surface area contributed by atoms with E-state index in [-0.39, 0.29) is 18.4 Å². The summed E-state index contributed by atoms with van der Waals surface area (Å²) in [4.78, 5) is 19.5. The lowest BCUT2D eigenvalue weighted by Crippen LogP contribution is -2.23. The Bertz CT molecular complexity index is 419. The first kappa shape index (κ1) is 14.4. The van der Waals surface area contributed by atoms with E-state index in [9.17, 15) is 4.79 Å². The molecule has 5 nitrogen and oxygen atoms in total. The molecule has 1 atom stereocenters. The molecule has 0 aromatic carbocycles. The summed E-state index contributed by atoms with van der Waals surface area (Å²) in [5, 5.41) is 12.0. The number of hydrogen-bond donors (Lipinski definition) is 2. The molecule has 18 heavy (non-hydrogen) atoms. The lowest BCUT2D eigenvalue weighted by Gasteiger charge is -2.17. The van der Waals surface area contributed by atoms with Gasteiger partial charge in [-0.05, 0) is 13.3 Å². The predicted molar refractivity (Wildman–Crippen MR) is 70.8 cm³/mol. The van der Waals surface area contributed by atoms with Gasteiger partial charge in [0.2, 0.25) is 0 Å². The topological polar surface area (TPSA) is 75.1 Å². The summed E-state index contributed by atoms with van der Waals surface area (Å²) in [6, 6.07) is 1.74. The van der Waals surface area contributed by atoms with Crippen molar-refractivity contribution in [2.45, 2.75) is 52.5 Å². The second kappa shape index (κ2) is 6.33. The van der Waals surface area contributed by atoms with E-state index < -0.39 is 5.97 Å². The van der Waals surface area contributed by atoms with Crippen LogP contribution in [0.25, 0.3) is 0 Å². The molecule has 0 fully saturated rings. The minimum absolute atomic E-state index is 0.0938. The third-order valence-corrected chi connectivity index (χ3v) is 2.65. The van der Waals surface area contributed by atoms with Gasteiger partial charge in [0.1, 0.15) is 11.6 Å². The molecule has 0 bridgehead atoms. The molecular formula is C13H21N3O2. The van der Waals surface area contributed by atoms with Gasteiger partial charge in [0.05, 0.1) is 6.42 Å². The fraction of sp³-hybridized carbons (Fsp3) is 0.615. The molecule has 0 amide bonds. The molecule has 1 heterocycles. The van der Waals surface area contributed by atoms with Gasteiger partial charge in [-0.2, -0.15) is 0 Å². The molecular weight excluding hydrogens is 230 g/mol. The van der Waals surface area contributed by atoms with Crippen LogP contribution in [0, 0.1) is 6.92 Å². The highest BCUT2D eigenvalue weighted by atomic mass is 16.4. The summed E-state index contributed by atoms with van der Waals surface area (Å²) >= 11 is 0. The number of nitrogens with zero attached hydrogens (tertiary/aromatic N) is 2. The second-order valence-corrected chi connectivity index (χ2v) is 4.75. The smallest absolute Gasteiger partial charge is 0.305 e. The summed E-state index contributed by atoms with van der Waals surface area (Å²) in [5.41, 5.74) is 0.890. The fourth-order valence-electron chi connectivity index (χ4n) is 1.64. The molecule has 0 aliphatic rings. The Labute approximate surface area is 108 Å². The van der Waals surface area contributed by atoms with Crippen molar-refractivity contribution in [3.8, 4) is 0 Å². The molecule has 100 valence electrons. The van der Waals surface area contributed by atoms with E-state index in [0.717, 1.165) is 17.9 Å². The summed E-state index contributed by atoms with van der Waals surface area (Å²) in [6.45, 7) is 7.94. The SMILES string of the molecule is CCC(CC(=O)O)Nc1cc(C)nc(C(C)C)n1. The van der Waals surface area contributed by atoms with Gasteiger partial charge in [-0.25, -0.2) is 9.97 Å². The zero-order valence-electron chi connectivity index (χ0n) is 11.4. The minimum Gasteiger partial charge on any atom is -0.481 e. The standard InChI is InChI=1S/C13H21N3O2/c1-5-10(7-12(17)18)15-11-6-9(4)14-13(16-11)8(2)3/h6,8,10H,5,7H2,1-4H3,(H,17,18)(H,14,15,16). The van der Waals surface area contributed by atoms with Gasteiger partial charge in [0, 0.05) is 23.7 Å². The molecule has 1 aromatic heterocycles. The minimum atomic E-state index is -0.802. The third kappa shape index (κ3) is 4.31. The first-order chi connectivity index (χ1) is 8.42. The molecule has 0 aliphatic carbocycles. The van der Waals surface area contributed by atoms with Gasteiger partial charge in [-0.1, -0.05) is 20.8 Å². The number of aliphatic carboxylic acids is 1. The molecule has 1 rings (SSSR count). The van der Waals surface area contributed by atoms with Crippen molar-refractivity contribution < 1.29 is 9.90 Å². The van der Waals surface area contributed by atoms with Crippen molar-refractivity contribution in [1.29, 1.82) is 0 Å². The van der Waals surface area contributed by atoms with E-state index >= 15 is 0 Å². The summed E-state index contributed by atoms with van der Waals surface area (Å²) < 4.78 is 0.